The van der Waals surface area contributed by atoms with Gasteiger partial charge in [0.1, 0.15) is 0 Å². The Bertz CT molecular complexity index is 4490. The maximum absolute atomic E-state index is 2.58. The zero-order valence-corrected chi connectivity index (χ0v) is 50.6. The molecule has 0 bridgehead atoms. The molecular formula is C85H66N2. The molecule has 6 aliphatic rings. The maximum atomic E-state index is 2.58. The SMILES string of the molecule is CC1(C)c2ccccc2-c2ccc(N(c3ccc4c(c3)C(C)(C)c3ccccc3-4)c3ccc4c(c3)C3(c5ccccc5-c5ccccc53)c3cc(N(c5ccc6c(c5)C(C)(C)c5ccccc5-6)c5ccc6c(c5)C(C)(C)c5ccccc5-6)ccc3-4)cc21. The van der Waals surface area contributed by atoms with Crippen LogP contribution in [-0.2, 0) is 27.1 Å². The molecule has 0 aromatic heterocycles. The van der Waals surface area contributed by atoms with E-state index in [2.05, 4.69) is 320 Å². The summed E-state index contributed by atoms with van der Waals surface area (Å²) in [5.74, 6) is 0. The Labute approximate surface area is 511 Å². The number of fused-ring (bicyclic) bond motifs is 22. The minimum atomic E-state index is -0.645. The number of benzene rings is 12. The van der Waals surface area contributed by atoms with Crippen molar-refractivity contribution in [2.45, 2.75) is 82.5 Å². The van der Waals surface area contributed by atoms with Crippen LogP contribution in [0, 0.1) is 0 Å². The molecule has 18 rings (SSSR count). The van der Waals surface area contributed by atoms with E-state index in [9.17, 15) is 0 Å². The summed E-state index contributed by atoms with van der Waals surface area (Å²) in [5, 5.41) is 0. The molecule has 0 saturated carbocycles. The molecule has 0 aliphatic heterocycles. The number of rotatable bonds is 6. The fraction of sp³-hybridized carbons (Fsp3) is 0.153. The third-order valence-electron chi connectivity index (χ3n) is 21.9. The summed E-state index contributed by atoms with van der Waals surface area (Å²) >= 11 is 0. The predicted molar refractivity (Wildman–Crippen MR) is 362 cm³/mol. The molecule has 12 aromatic carbocycles. The van der Waals surface area contributed by atoms with Gasteiger partial charge in [-0.2, -0.15) is 0 Å². The molecule has 0 heterocycles. The van der Waals surface area contributed by atoms with Crippen molar-refractivity contribution in [1.82, 2.24) is 0 Å². The minimum Gasteiger partial charge on any atom is -0.310 e. The average molecular weight is 1120 g/mol. The van der Waals surface area contributed by atoms with Gasteiger partial charge < -0.3 is 9.80 Å². The fourth-order valence-corrected chi connectivity index (χ4v) is 17.6. The largest absolute Gasteiger partial charge is 0.310 e. The Kier molecular flexibility index (Phi) is 10.0. The summed E-state index contributed by atoms with van der Waals surface area (Å²) in [6.45, 7) is 19.2. The van der Waals surface area contributed by atoms with Crippen molar-refractivity contribution in [2.24, 2.45) is 0 Å². The lowest BCUT2D eigenvalue weighted by atomic mass is 9.70. The molecule has 0 atom stereocenters. The summed E-state index contributed by atoms with van der Waals surface area (Å²) in [5.41, 5.74) is 37.4. The molecule has 1 spiro atoms. The molecule has 0 unspecified atom stereocenters. The summed E-state index contributed by atoms with van der Waals surface area (Å²) < 4.78 is 0. The van der Waals surface area contributed by atoms with Crippen LogP contribution in [0.4, 0.5) is 34.1 Å². The number of anilines is 6. The number of hydrogen-bond acceptors (Lipinski definition) is 2. The summed E-state index contributed by atoms with van der Waals surface area (Å²) in [6, 6.07) is 98.5. The van der Waals surface area contributed by atoms with Gasteiger partial charge in [0, 0.05) is 55.8 Å². The Morgan fingerprint density at radius 3 is 0.586 bits per heavy atom. The smallest absolute Gasteiger partial charge is 0.0727 e. The first kappa shape index (κ1) is 50.6. The van der Waals surface area contributed by atoms with Crippen molar-refractivity contribution < 1.29 is 0 Å². The number of hydrogen-bond donors (Lipinski definition) is 0. The van der Waals surface area contributed by atoms with Gasteiger partial charge in [-0.1, -0.05) is 237 Å². The van der Waals surface area contributed by atoms with Crippen LogP contribution in [0.3, 0.4) is 0 Å². The summed E-state index contributed by atoms with van der Waals surface area (Å²) in [7, 11) is 0. The van der Waals surface area contributed by atoms with Gasteiger partial charge in [0.15, 0.2) is 0 Å². The Balaban J connectivity index is 0.868. The third kappa shape index (κ3) is 6.50. The lowest BCUT2D eigenvalue weighted by Gasteiger charge is -2.34. The van der Waals surface area contributed by atoms with Crippen LogP contribution in [-0.4, -0.2) is 0 Å². The van der Waals surface area contributed by atoms with E-state index in [1.165, 1.54) is 134 Å². The van der Waals surface area contributed by atoms with Crippen LogP contribution in [0.25, 0.3) is 66.8 Å². The quantitative estimate of drug-likeness (QED) is 0.164. The van der Waals surface area contributed by atoms with Crippen molar-refractivity contribution in [3.63, 3.8) is 0 Å². The van der Waals surface area contributed by atoms with E-state index in [-0.39, 0.29) is 21.7 Å². The molecule has 87 heavy (non-hydrogen) atoms. The van der Waals surface area contributed by atoms with Gasteiger partial charge in [-0.15, -0.1) is 0 Å². The monoisotopic (exact) mass is 1110 g/mol. The zero-order chi connectivity index (χ0) is 58.7. The second-order valence-corrected chi connectivity index (χ2v) is 27.6. The van der Waals surface area contributed by atoms with Gasteiger partial charge in [-0.25, -0.2) is 0 Å². The van der Waals surface area contributed by atoms with Gasteiger partial charge in [0.05, 0.1) is 5.41 Å². The van der Waals surface area contributed by atoms with E-state index in [4.69, 9.17) is 0 Å². The highest BCUT2D eigenvalue weighted by Gasteiger charge is 2.53. The normalized spacial score (nSPS) is 16.3. The predicted octanol–water partition coefficient (Wildman–Crippen LogP) is 22.2. The van der Waals surface area contributed by atoms with Crippen molar-refractivity contribution in [1.29, 1.82) is 0 Å². The highest BCUT2D eigenvalue weighted by molar-refractivity contribution is 5.99. The van der Waals surface area contributed by atoms with Crippen molar-refractivity contribution in [2.75, 3.05) is 9.80 Å². The molecule has 0 N–H and O–H groups in total. The highest BCUT2D eigenvalue weighted by atomic mass is 15.1. The molecule has 0 saturated heterocycles. The Hall–Kier alpha value is -9.76. The van der Waals surface area contributed by atoms with E-state index >= 15 is 0 Å². The number of nitrogens with zero attached hydrogens (tertiary/aromatic N) is 2. The molecule has 2 heteroatoms. The summed E-state index contributed by atoms with van der Waals surface area (Å²) in [6.07, 6.45) is 0. The van der Waals surface area contributed by atoms with E-state index in [0.717, 1.165) is 34.1 Å². The Morgan fingerprint density at radius 1 is 0.172 bits per heavy atom. The van der Waals surface area contributed by atoms with Crippen LogP contribution in [0.1, 0.15) is 122 Å². The molecule has 12 aromatic rings. The summed E-state index contributed by atoms with van der Waals surface area (Å²) in [4.78, 5) is 5.13. The standard InChI is InChI=1S/C85H66N2/c1-81(2)69-27-15-9-21-57(69)63-39-33-51(45-75(63)81)86(52-34-40-64-58-22-10-16-28-70(58)82(3,4)76(64)46-52)55-37-43-67-68-44-38-56(50-80(68)85(79(67)49-55)73-31-19-13-25-61(73)62-26-14-20-32-74(62)85)87(53-35-41-65-59-23-11-17-29-71(59)83(5,6)77(65)47-53)54-36-42-66-60-24-12-18-30-72(60)84(7,8)78(66)48-54/h9-50H,1-8H3. The molecule has 0 fully saturated rings. The van der Waals surface area contributed by atoms with Gasteiger partial charge >= 0.3 is 0 Å². The average Bonchev–Trinajstić information content (AvgIpc) is 1.52. The molecule has 0 radical (unpaired) electrons. The highest BCUT2D eigenvalue weighted by Crippen LogP contribution is 2.65. The lowest BCUT2D eigenvalue weighted by molar-refractivity contribution is 0.659. The topological polar surface area (TPSA) is 6.48 Å². The Morgan fingerprint density at radius 2 is 0.345 bits per heavy atom. The first-order valence-electron chi connectivity index (χ1n) is 31.2. The van der Waals surface area contributed by atoms with Gasteiger partial charge in [-0.05, 0) is 206 Å². The van der Waals surface area contributed by atoms with Crippen molar-refractivity contribution in [3.05, 3.63) is 322 Å². The molecular weight excluding hydrogens is 1050 g/mol. The molecule has 0 amide bonds. The van der Waals surface area contributed by atoms with Crippen LogP contribution in [0.5, 0.6) is 0 Å². The van der Waals surface area contributed by atoms with E-state index in [0.29, 0.717) is 0 Å². The first-order chi connectivity index (χ1) is 42.2. The second-order valence-electron chi connectivity index (χ2n) is 27.6. The molecule has 6 aliphatic carbocycles. The van der Waals surface area contributed by atoms with Crippen LogP contribution in [0.15, 0.2) is 255 Å². The van der Waals surface area contributed by atoms with Crippen LogP contribution >= 0.6 is 0 Å². The third-order valence-corrected chi connectivity index (χ3v) is 21.9. The van der Waals surface area contributed by atoms with E-state index < -0.39 is 5.41 Å². The van der Waals surface area contributed by atoms with Crippen molar-refractivity contribution in [3.8, 4) is 66.8 Å². The lowest BCUT2D eigenvalue weighted by Crippen LogP contribution is -2.26. The fourth-order valence-electron chi connectivity index (χ4n) is 17.6. The molecule has 416 valence electrons. The van der Waals surface area contributed by atoms with E-state index in [1.807, 2.05) is 0 Å². The maximum Gasteiger partial charge on any atom is 0.0727 e. The minimum absolute atomic E-state index is 0.177. The second kappa shape index (κ2) is 17.2. The van der Waals surface area contributed by atoms with Gasteiger partial charge in [0.25, 0.3) is 0 Å². The van der Waals surface area contributed by atoms with Gasteiger partial charge in [0.2, 0.25) is 0 Å². The van der Waals surface area contributed by atoms with E-state index in [1.54, 1.807) is 0 Å². The van der Waals surface area contributed by atoms with Gasteiger partial charge in [-0.3, -0.25) is 0 Å². The molecule has 2 nitrogen and oxygen atoms in total. The van der Waals surface area contributed by atoms with Crippen molar-refractivity contribution >= 4 is 34.1 Å². The zero-order valence-electron chi connectivity index (χ0n) is 50.6. The van der Waals surface area contributed by atoms with Crippen LogP contribution in [0.2, 0.25) is 0 Å². The first-order valence-corrected chi connectivity index (χ1v) is 31.2. The van der Waals surface area contributed by atoms with Crippen LogP contribution < -0.4 is 9.80 Å².